The van der Waals surface area contributed by atoms with Crippen LogP contribution in [-0.4, -0.2) is 107 Å². The van der Waals surface area contributed by atoms with Crippen LogP contribution in [0, 0.1) is 17.8 Å². The number of carbonyl (C=O) groups excluding carboxylic acids is 7. The molecule has 1 fully saturated rings. The normalized spacial score (nSPS) is 17.5. The van der Waals surface area contributed by atoms with Crippen LogP contribution in [0.3, 0.4) is 0 Å². The van der Waals surface area contributed by atoms with E-state index in [0.29, 0.717) is 36.8 Å². The van der Waals surface area contributed by atoms with Crippen molar-refractivity contribution >= 4 is 48.9 Å². The molecule has 2 aromatic carbocycles. The number of likely N-dealkylation sites (N-methyl/N-ethyl adjacent to an activating group) is 1. The van der Waals surface area contributed by atoms with Crippen LogP contribution in [0.25, 0.3) is 0 Å². The third-order valence-corrected chi connectivity index (χ3v) is 12.0. The second-order valence-corrected chi connectivity index (χ2v) is 18.5. The van der Waals surface area contributed by atoms with Crippen molar-refractivity contribution in [3.63, 3.8) is 0 Å². The van der Waals surface area contributed by atoms with Crippen molar-refractivity contribution in [1.82, 2.24) is 31.1 Å². The Morgan fingerprint density at radius 2 is 1.46 bits per heavy atom. The Balaban J connectivity index is 1.43. The summed E-state index contributed by atoms with van der Waals surface area (Å²) in [5, 5.41) is 10.5. The summed E-state index contributed by atoms with van der Waals surface area (Å²) in [6, 6.07) is 12.6. The predicted octanol–water partition coefficient (Wildman–Crippen LogP) is 4.02. The Hall–Kier alpha value is -5.08. The largest absolute Gasteiger partial charge is 0.445 e. The highest BCUT2D eigenvalue weighted by Gasteiger charge is 2.38. The fourth-order valence-electron chi connectivity index (χ4n) is 7.39. The number of benzene rings is 2. The first-order chi connectivity index (χ1) is 28.0. The van der Waals surface area contributed by atoms with E-state index in [1.807, 2.05) is 45.9 Å². The average Bonchev–Trinajstić information content (AvgIpc) is 3.79. The molecule has 0 saturated carbocycles. The third-order valence-electron chi connectivity index (χ3n) is 10.4. The molecule has 0 aromatic heterocycles. The highest BCUT2D eigenvalue weighted by atomic mass is 31.2. The lowest BCUT2D eigenvalue weighted by molar-refractivity contribution is -0.131. The summed E-state index contributed by atoms with van der Waals surface area (Å²) in [7, 11) is -2.75. The number of amides is 7. The monoisotopic (exact) mass is 838 g/mol. The van der Waals surface area contributed by atoms with Crippen LogP contribution in [0.15, 0.2) is 54.6 Å². The topological polar surface area (TPSA) is 221 Å². The molecule has 16 nitrogen and oxygen atoms in total. The first-order valence-electron chi connectivity index (χ1n) is 20.3. The van der Waals surface area contributed by atoms with Crippen LogP contribution in [0.5, 0.6) is 0 Å². The molecule has 2 aliphatic heterocycles. The Labute approximate surface area is 346 Å². The molecule has 2 aromatic rings. The van der Waals surface area contributed by atoms with Gasteiger partial charge >= 0.3 is 6.09 Å². The van der Waals surface area contributed by atoms with Crippen LogP contribution in [0.2, 0.25) is 0 Å². The Morgan fingerprint density at radius 1 is 0.831 bits per heavy atom. The zero-order chi connectivity index (χ0) is 43.3. The van der Waals surface area contributed by atoms with Gasteiger partial charge in [-0.1, -0.05) is 70.2 Å². The van der Waals surface area contributed by atoms with E-state index in [2.05, 4.69) is 21.3 Å². The molecule has 0 radical (unpaired) electrons. The summed E-state index contributed by atoms with van der Waals surface area (Å²) in [5.41, 5.74) is 1.40. The van der Waals surface area contributed by atoms with Gasteiger partial charge in [0.1, 0.15) is 24.7 Å². The van der Waals surface area contributed by atoms with Crippen molar-refractivity contribution in [3.05, 3.63) is 71.3 Å². The average molecular weight is 839 g/mol. The van der Waals surface area contributed by atoms with E-state index in [1.165, 1.54) is 11.9 Å². The quantitative estimate of drug-likeness (QED) is 0.0691. The van der Waals surface area contributed by atoms with Gasteiger partial charge in [0.05, 0.1) is 17.4 Å². The third kappa shape index (κ3) is 13.5. The summed E-state index contributed by atoms with van der Waals surface area (Å²) in [6.45, 7) is 7.90. The van der Waals surface area contributed by atoms with Crippen LogP contribution >= 0.6 is 7.37 Å². The molecular weight excluding hydrogens is 779 g/mol. The number of hydrogen-bond donors (Lipinski definition) is 5. The van der Waals surface area contributed by atoms with E-state index < -0.39 is 79.5 Å². The molecule has 4 rings (SSSR count). The van der Waals surface area contributed by atoms with E-state index in [9.17, 15) is 43.0 Å². The first-order valence-corrected chi connectivity index (χ1v) is 22.4. The molecule has 59 heavy (non-hydrogen) atoms. The van der Waals surface area contributed by atoms with Crippen molar-refractivity contribution in [1.29, 1.82) is 0 Å². The maximum atomic E-state index is 13.8. The van der Waals surface area contributed by atoms with E-state index in [-0.39, 0.29) is 56.7 Å². The van der Waals surface area contributed by atoms with Gasteiger partial charge in [-0.2, -0.15) is 0 Å². The van der Waals surface area contributed by atoms with E-state index in [1.54, 1.807) is 36.4 Å². The molecule has 5 atom stereocenters. The summed E-state index contributed by atoms with van der Waals surface area (Å²) in [5.74, 6) is -4.00. The van der Waals surface area contributed by atoms with Crippen LogP contribution < -0.4 is 21.3 Å². The zero-order valence-electron chi connectivity index (χ0n) is 34.6. The fourth-order valence-corrected chi connectivity index (χ4v) is 8.93. The summed E-state index contributed by atoms with van der Waals surface area (Å²) >= 11 is 0. The van der Waals surface area contributed by atoms with Crippen molar-refractivity contribution in [2.45, 2.75) is 97.4 Å². The lowest BCUT2D eigenvalue weighted by Crippen LogP contribution is -2.53. The molecule has 17 heteroatoms. The highest BCUT2D eigenvalue weighted by molar-refractivity contribution is 7.58. The van der Waals surface area contributed by atoms with Gasteiger partial charge in [-0.05, 0) is 74.5 Å². The molecule has 2 aliphatic rings. The molecule has 0 spiro atoms. The molecule has 7 amide bonds. The Bertz CT molecular complexity index is 1840. The molecule has 2 unspecified atom stereocenters. The molecule has 0 bridgehead atoms. The predicted molar refractivity (Wildman–Crippen MR) is 220 cm³/mol. The number of imide groups is 1. The number of nitrogens with zero attached hydrogens (tertiary/aromatic N) is 2. The lowest BCUT2D eigenvalue weighted by atomic mass is 9.96. The molecule has 1 saturated heterocycles. The number of unbranched alkanes of at least 4 members (excludes halogenated alkanes) is 1. The number of likely N-dealkylation sites (tertiary alicyclic amines) is 1. The highest BCUT2D eigenvalue weighted by Crippen LogP contribution is 2.42. The van der Waals surface area contributed by atoms with Gasteiger partial charge in [-0.3, -0.25) is 43.1 Å². The minimum absolute atomic E-state index is 0.0101. The number of nitrogens with one attached hydrogen (secondary N) is 4. The number of fused-ring (bicyclic) bond motifs is 1. The van der Waals surface area contributed by atoms with Gasteiger partial charge in [0, 0.05) is 32.2 Å². The summed E-state index contributed by atoms with van der Waals surface area (Å²) in [6.07, 6.45) is 0.243. The Kier molecular flexibility index (Phi) is 17.2. The van der Waals surface area contributed by atoms with Crippen molar-refractivity contribution in [2.24, 2.45) is 17.8 Å². The van der Waals surface area contributed by atoms with Gasteiger partial charge in [0.2, 0.25) is 31.0 Å². The van der Waals surface area contributed by atoms with E-state index in [4.69, 9.17) is 4.74 Å². The minimum atomic E-state index is -4.21. The molecule has 0 aliphatic carbocycles. The number of hydrogen-bond acceptors (Lipinski definition) is 9. The molecular formula is C42H59N6O10P. The number of carbonyl (C=O) groups is 7. The van der Waals surface area contributed by atoms with Crippen LogP contribution in [0.4, 0.5) is 4.79 Å². The lowest BCUT2D eigenvalue weighted by Gasteiger charge is -2.27. The first kappa shape index (κ1) is 46.6. The van der Waals surface area contributed by atoms with Gasteiger partial charge in [-0.15, -0.1) is 0 Å². The SMILES string of the molecule is CNC(=O)[C@H](CC(C)C)NC(=O)C(CC(C)C)CP(=O)(O)CNC(=O)[C@H](CCCCN1C(=O)c2ccccc2C1=O)NC(=O)[C@@H]1CCCN1C(=O)OCc1ccccc1. The number of ether oxygens (including phenoxy) is 1. The fraction of sp³-hybridized carbons (Fsp3) is 0.548. The van der Waals surface area contributed by atoms with Crippen molar-refractivity contribution in [2.75, 3.05) is 32.6 Å². The van der Waals surface area contributed by atoms with Crippen LogP contribution in [-0.2, 0) is 35.1 Å². The van der Waals surface area contributed by atoms with Gasteiger partial charge in [0.15, 0.2) is 0 Å². The van der Waals surface area contributed by atoms with Gasteiger partial charge in [0.25, 0.3) is 11.8 Å². The molecule has 2 heterocycles. The zero-order valence-corrected chi connectivity index (χ0v) is 35.5. The van der Waals surface area contributed by atoms with Crippen molar-refractivity contribution < 1.29 is 47.8 Å². The molecule has 322 valence electrons. The van der Waals surface area contributed by atoms with Crippen LogP contribution in [0.1, 0.15) is 98.9 Å². The van der Waals surface area contributed by atoms with Gasteiger partial charge < -0.3 is 30.9 Å². The van der Waals surface area contributed by atoms with E-state index in [0.717, 1.165) is 10.5 Å². The smallest absolute Gasteiger partial charge is 0.410 e. The standard InChI is InChI=1S/C42H59N6O10P/c1-27(2)22-30(36(49)46-34(23-28(3)4)37(50)43-5)25-59(56,57)26-44-38(51)33(18-11-12-20-48-40(53)31-16-9-10-17-32(31)41(48)54)45-39(52)35-19-13-21-47(35)42(55)58-24-29-14-7-6-8-15-29/h6-10,14-17,27-28,30,33-35H,11-13,18-26H2,1-5H3,(H,43,50)(H,44,51)(H,45,52)(H,46,49)(H,56,57)/t30?,33-,34-,35-/m0/s1. The maximum absolute atomic E-state index is 13.8. The van der Waals surface area contributed by atoms with Gasteiger partial charge in [-0.25, -0.2) is 4.79 Å². The van der Waals surface area contributed by atoms with E-state index >= 15 is 0 Å². The maximum Gasteiger partial charge on any atom is 0.410 e. The van der Waals surface area contributed by atoms with Crippen molar-refractivity contribution in [3.8, 4) is 0 Å². The summed E-state index contributed by atoms with van der Waals surface area (Å²) in [4.78, 5) is 106. The molecule has 5 N–H and O–H groups in total. The second kappa shape index (κ2) is 21.8. The number of rotatable bonds is 21. The Morgan fingerprint density at radius 3 is 2.07 bits per heavy atom. The summed E-state index contributed by atoms with van der Waals surface area (Å²) < 4.78 is 19.1. The minimum Gasteiger partial charge on any atom is -0.445 e. The second-order valence-electron chi connectivity index (χ2n) is 16.1.